The van der Waals surface area contributed by atoms with Gasteiger partial charge in [0.1, 0.15) is 17.0 Å². The van der Waals surface area contributed by atoms with Gasteiger partial charge in [0.15, 0.2) is 0 Å². The van der Waals surface area contributed by atoms with Gasteiger partial charge in [0.05, 0.1) is 9.40 Å². The fourth-order valence-corrected chi connectivity index (χ4v) is 1.79. The summed E-state index contributed by atoms with van der Waals surface area (Å²) in [7, 11) is 0. The van der Waals surface area contributed by atoms with Gasteiger partial charge in [-0.1, -0.05) is 23.7 Å². The highest BCUT2D eigenvalue weighted by atomic mass is 79.9. The summed E-state index contributed by atoms with van der Waals surface area (Å²) in [5, 5.41) is 10.6. The second-order valence-corrected chi connectivity index (χ2v) is 4.53. The van der Waals surface area contributed by atoms with Gasteiger partial charge in [0, 0.05) is 6.07 Å². The van der Waals surface area contributed by atoms with Gasteiger partial charge in [-0.3, -0.25) is 10.1 Å². The Balaban J connectivity index is 2.30. The number of nitro groups is 1. The summed E-state index contributed by atoms with van der Waals surface area (Å²) in [6.45, 7) is 0. The molecule has 0 fully saturated rings. The molecule has 1 aromatic heterocycles. The van der Waals surface area contributed by atoms with Gasteiger partial charge in [0.2, 0.25) is 5.88 Å². The van der Waals surface area contributed by atoms with Gasteiger partial charge in [-0.05, 0) is 28.1 Å². The maximum atomic E-state index is 10.5. The van der Waals surface area contributed by atoms with Gasteiger partial charge in [-0.2, -0.15) is 0 Å². The van der Waals surface area contributed by atoms with Crippen LogP contribution in [0.1, 0.15) is 0 Å². The average molecular weight is 330 g/mol. The molecule has 0 saturated heterocycles. The van der Waals surface area contributed by atoms with Crippen LogP contribution in [0.2, 0.25) is 5.02 Å². The first-order valence-electron chi connectivity index (χ1n) is 4.80. The molecular formula is C11H6BrClN2O3. The van der Waals surface area contributed by atoms with Crippen LogP contribution in [0.15, 0.2) is 41.0 Å². The summed E-state index contributed by atoms with van der Waals surface area (Å²) < 4.78 is 6.20. The molecule has 0 radical (unpaired) electrons. The third-order valence-electron chi connectivity index (χ3n) is 2.05. The van der Waals surface area contributed by atoms with E-state index in [0.717, 1.165) is 10.7 Å². The van der Waals surface area contributed by atoms with Gasteiger partial charge >= 0.3 is 0 Å². The molecule has 18 heavy (non-hydrogen) atoms. The summed E-state index contributed by atoms with van der Waals surface area (Å²) >= 11 is 9.18. The van der Waals surface area contributed by atoms with E-state index in [-0.39, 0.29) is 16.6 Å². The number of aromatic nitrogens is 1. The molecule has 0 saturated carbocycles. The van der Waals surface area contributed by atoms with Crippen LogP contribution >= 0.6 is 27.5 Å². The topological polar surface area (TPSA) is 65.3 Å². The zero-order valence-corrected chi connectivity index (χ0v) is 11.2. The van der Waals surface area contributed by atoms with Crippen molar-refractivity contribution in [1.29, 1.82) is 0 Å². The van der Waals surface area contributed by atoms with Gasteiger partial charge in [-0.15, -0.1) is 0 Å². The van der Waals surface area contributed by atoms with Crippen LogP contribution in [-0.4, -0.2) is 9.91 Å². The van der Waals surface area contributed by atoms with Crippen LogP contribution < -0.4 is 4.74 Å². The van der Waals surface area contributed by atoms with Crippen molar-refractivity contribution in [3.63, 3.8) is 0 Å². The Morgan fingerprint density at radius 2 is 2.11 bits per heavy atom. The fourth-order valence-electron chi connectivity index (χ4n) is 1.22. The number of benzene rings is 1. The van der Waals surface area contributed by atoms with Crippen molar-refractivity contribution >= 4 is 33.2 Å². The molecule has 92 valence electrons. The Morgan fingerprint density at radius 3 is 2.72 bits per heavy atom. The summed E-state index contributed by atoms with van der Waals surface area (Å²) in [5.41, 5.74) is -0.181. The molecule has 0 aliphatic carbocycles. The molecule has 1 heterocycles. The van der Waals surface area contributed by atoms with E-state index < -0.39 is 4.92 Å². The van der Waals surface area contributed by atoms with Crippen LogP contribution in [-0.2, 0) is 0 Å². The Labute approximate surface area is 116 Å². The first-order chi connectivity index (χ1) is 8.58. The monoisotopic (exact) mass is 328 g/mol. The molecule has 0 bridgehead atoms. The van der Waals surface area contributed by atoms with E-state index in [1.54, 1.807) is 18.2 Å². The van der Waals surface area contributed by atoms with Crippen molar-refractivity contribution < 1.29 is 9.66 Å². The van der Waals surface area contributed by atoms with E-state index in [9.17, 15) is 10.1 Å². The maximum absolute atomic E-state index is 10.5. The lowest BCUT2D eigenvalue weighted by molar-refractivity contribution is -0.385. The average Bonchev–Trinajstić information content (AvgIpc) is 2.34. The van der Waals surface area contributed by atoms with Crippen molar-refractivity contribution in [1.82, 2.24) is 4.98 Å². The van der Waals surface area contributed by atoms with Crippen LogP contribution in [0.25, 0.3) is 0 Å². The summed E-state index contributed by atoms with van der Waals surface area (Å²) in [6, 6.07) is 8.35. The van der Waals surface area contributed by atoms with E-state index in [1.165, 1.54) is 6.07 Å². The number of nitrogens with zero attached hydrogens (tertiary/aromatic N) is 2. The highest BCUT2D eigenvalue weighted by Crippen LogP contribution is 2.33. The second-order valence-electron chi connectivity index (χ2n) is 3.27. The Bertz CT molecular complexity index is 607. The smallest absolute Gasteiger partial charge is 0.289 e. The highest BCUT2D eigenvalue weighted by Gasteiger charge is 2.13. The van der Waals surface area contributed by atoms with Crippen molar-refractivity contribution in [2.24, 2.45) is 0 Å². The Morgan fingerprint density at radius 1 is 1.39 bits per heavy atom. The first-order valence-corrected chi connectivity index (χ1v) is 5.97. The lowest BCUT2D eigenvalue weighted by Gasteiger charge is -2.07. The van der Waals surface area contributed by atoms with Crippen molar-refractivity contribution in [3.05, 3.63) is 56.1 Å². The van der Waals surface area contributed by atoms with E-state index in [0.29, 0.717) is 5.75 Å². The summed E-state index contributed by atoms with van der Waals surface area (Å²) in [5.74, 6) is 0.648. The molecule has 1 aromatic carbocycles. The van der Waals surface area contributed by atoms with Crippen LogP contribution in [0.5, 0.6) is 11.6 Å². The van der Waals surface area contributed by atoms with Gasteiger partial charge in [0.25, 0.3) is 5.69 Å². The molecule has 2 rings (SSSR count). The zero-order chi connectivity index (χ0) is 13.1. The fraction of sp³-hybridized carbons (Fsp3) is 0. The minimum Gasteiger partial charge on any atom is -0.436 e. The zero-order valence-electron chi connectivity index (χ0n) is 8.84. The molecule has 0 atom stereocenters. The molecule has 0 unspecified atom stereocenters. The number of hydrogen-bond donors (Lipinski definition) is 0. The molecule has 0 aliphatic heterocycles. The second kappa shape index (κ2) is 5.32. The summed E-state index contributed by atoms with van der Waals surface area (Å²) in [4.78, 5) is 13.8. The van der Waals surface area contributed by atoms with Crippen LogP contribution in [0, 0.1) is 10.1 Å². The molecule has 0 amide bonds. The van der Waals surface area contributed by atoms with E-state index in [2.05, 4.69) is 20.9 Å². The number of hydrogen-bond acceptors (Lipinski definition) is 4. The Kier molecular flexibility index (Phi) is 3.78. The van der Waals surface area contributed by atoms with E-state index >= 15 is 0 Å². The third-order valence-corrected chi connectivity index (χ3v) is 2.97. The van der Waals surface area contributed by atoms with E-state index in [1.807, 2.05) is 6.07 Å². The largest absolute Gasteiger partial charge is 0.436 e. The number of pyridine rings is 1. The van der Waals surface area contributed by atoms with Crippen molar-refractivity contribution in [2.75, 3.05) is 0 Å². The molecule has 7 heteroatoms. The third kappa shape index (κ3) is 2.77. The molecule has 2 aromatic rings. The molecule has 0 spiro atoms. The standard InChI is InChI=1S/C11H6BrClN2O3/c12-8-3-1-2-4-10(8)18-11-9(13)5-7(6-14-11)15(16)17/h1-6H. The SMILES string of the molecule is O=[N+]([O-])c1cnc(Oc2ccccc2Br)c(Cl)c1. The normalized spacial score (nSPS) is 10.1. The van der Waals surface area contributed by atoms with Gasteiger partial charge < -0.3 is 4.74 Å². The maximum Gasteiger partial charge on any atom is 0.289 e. The quantitative estimate of drug-likeness (QED) is 0.625. The number of para-hydroxylation sites is 1. The molecule has 5 nitrogen and oxygen atoms in total. The van der Waals surface area contributed by atoms with Crippen molar-refractivity contribution in [2.45, 2.75) is 0 Å². The minimum atomic E-state index is -0.568. The Hall–Kier alpha value is -1.66. The highest BCUT2D eigenvalue weighted by molar-refractivity contribution is 9.10. The number of ether oxygens (including phenoxy) is 1. The lowest BCUT2D eigenvalue weighted by atomic mass is 10.3. The minimum absolute atomic E-state index is 0.0833. The van der Waals surface area contributed by atoms with Crippen molar-refractivity contribution in [3.8, 4) is 11.6 Å². The summed E-state index contributed by atoms with van der Waals surface area (Å²) in [6.07, 6.45) is 1.10. The molecule has 0 aliphatic rings. The predicted octanol–water partition coefficient (Wildman–Crippen LogP) is 4.20. The lowest BCUT2D eigenvalue weighted by Crippen LogP contribution is -1.93. The first kappa shape index (κ1) is 12.8. The van der Waals surface area contributed by atoms with Gasteiger partial charge in [-0.25, -0.2) is 4.98 Å². The van der Waals surface area contributed by atoms with Crippen LogP contribution in [0.3, 0.4) is 0 Å². The van der Waals surface area contributed by atoms with Crippen LogP contribution in [0.4, 0.5) is 5.69 Å². The number of halogens is 2. The molecule has 0 N–H and O–H groups in total. The molecular weight excluding hydrogens is 323 g/mol. The number of rotatable bonds is 3. The van der Waals surface area contributed by atoms with E-state index in [4.69, 9.17) is 16.3 Å². The predicted molar refractivity (Wildman–Crippen MR) is 70.1 cm³/mol.